The predicted octanol–water partition coefficient (Wildman–Crippen LogP) is 12.4. The number of hydrogen-bond acceptors (Lipinski definition) is 4. The van der Waals surface area contributed by atoms with Gasteiger partial charge in [-0.05, 0) is 79.9 Å². The molecule has 4 heteroatoms. The van der Waals surface area contributed by atoms with Gasteiger partial charge in [0.25, 0.3) is 0 Å². The second-order valence-corrected chi connectivity index (χ2v) is 14.3. The smallest absolute Gasteiger partial charge is 0.164 e. The molecular weight excluding hydrogens is 693 g/mol. The molecule has 9 aromatic rings. The Labute approximate surface area is 332 Å². The molecule has 0 amide bonds. The normalized spacial score (nSPS) is 12.3. The first-order valence-corrected chi connectivity index (χ1v) is 19.1. The quantitative estimate of drug-likeness (QED) is 0.164. The van der Waals surface area contributed by atoms with Crippen molar-refractivity contribution < 1.29 is 0 Å². The molecule has 4 nitrogen and oxygen atoms in total. The molecule has 0 N–H and O–H groups in total. The molecule has 1 aromatic heterocycles. The number of fused-ring (bicyclic) bond motifs is 3. The van der Waals surface area contributed by atoms with E-state index in [9.17, 15) is 5.26 Å². The van der Waals surface area contributed by atoms with Gasteiger partial charge in [-0.15, -0.1) is 0 Å². The number of nitriles is 1. The van der Waals surface area contributed by atoms with E-state index < -0.39 is 5.41 Å². The molecule has 1 heterocycles. The molecule has 0 aliphatic heterocycles. The minimum atomic E-state index is -0.548. The molecule has 57 heavy (non-hydrogen) atoms. The molecule has 0 fully saturated rings. The fourth-order valence-electron chi connectivity index (χ4n) is 8.37. The van der Waals surface area contributed by atoms with Gasteiger partial charge in [-0.3, -0.25) is 0 Å². The largest absolute Gasteiger partial charge is 0.208 e. The van der Waals surface area contributed by atoms with Gasteiger partial charge in [-0.2, -0.15) is 5.26 Å². The summed E-state index contributed by atoms with van der Waals surface area (Å²) < 4.78 is 0. The van der Waals surface area contributed by atoms with Crippen LogP contribution in [0.2, 0.25) is 0 Å². The molecule has 0 saturated heterocycles. The first kappa shape index (κ1) is 33.8. The third kappa shape index (κ3) is 5.90. The summed E-state index contributed by atoms with van der Waals surface area (Å²) in [5.74, 6) is 1.91. The van der Waals surface area contributed by atoms with Crippen molar-refractivity contribution in [3.05, 3.63) is 234 Å². The highest BCUT2D eigenvalue weighted by molar-refractivity contribution is 5.89. The van der Waals surface area contributed by atoms with Crippen LogP contribution in [0.1, 0.15) is 27.8 Å². The minimum absolute atomic E-state index is 0.548. The molecule has 0 atom stereocenters. The van der Waals surface area contributed by atoms with Gasteiger partial charge >= 0.3 is 0 Å². The lowest BCUT2D eigenvalue weighted by atomic mass is 9.67. The van der Waals surface area contributed by atoms with Crippen LogP contribution in [-0.4, -0.2) is 15.0 Å². The van der Waals surface area contributed by atoms with Gasteiger partial charge in [0.05, 0.1) is 17.0 Å². The molecular formula is C53H34N4. The van der Waals surface area contributed by atoms with Crippen LogP contribution in [0.4, 0.5) is 0 Å². The zero-order chi connectivity index (χ0) is 38.2. The van der Waals surface area contributed by atoms with Crippen LogP contribution < -0.4 is 0 Å². The van der Waals surface area contributed by atoms with Crippen LogP contribution in [0.5, 0.6) is 0 Å². The summed E-state index contributed by atoms with van der Waals surface area (Å²) in [6.45, 7) is 0. The van der Waals surface area contributed by atoms with Gasteiger partial charge in [0.15, 0.2) is 17.5 Å². The lowest BCUT2D eigenvalue weighted by molar-refractivity contribution is 0.768. The van der Waals surface area contributed by atoms with Crippen molar-refractivity contribution in [2.75, 3.05) is 0 Å². The maximum Gasteiger partial charge on any atom is 0.164 e. The number of nitrogens with zero attached hydrogens (tertiary/aromatic N) is 4. The first-order chi connectivity index (χ1) is 28.2. The van der Waals surface area contributed by atoms with E-state index in [1.165, 1.54) is 22.3 Å². The molecule has 10 rings (SSSR count). The molecule has 1 aliphatic carbocycles. The Morgan fingerprint density at radius 2 is 0.789 bits per heavy atom. The molecule has 0 spiro atoms. The summed E-state index contributed by atoms with van der Waals surface area (Å²) in [6, 6.07) is 74.1. The van der Waals surface area contributed by atoms with E-state index in [0.29, 0.717) is 23.0 Å². The third-order valence-electron chi connectivity index (χ3n) is 11.1. The Bertz CT molecular complexity index is 2840. The molecule has 0 radical (unpaired) electrons. The summed E-state index contributed by atoms with van der Waals surface area (Å²) in [5.41, 5.74) is 14.4. The zero-order valence-electron chi connectivity index (χ0n) is 30.9. The van der Waals surface area contributed by atoms with Crippen LogP contribution in [0.15, 0.2) is 206 Å². The predicted molar refractivity (Wildman–Crippen MR) is 229 cm³/mol. The third-order valence-corrected chi connectivity index (χ3v) is 11.1. The average Bonchev–Trinajstić information content (AvgIpc) is 3.59. The minimum Gasteiger partial charge on any atom is -0.208 e. The summed E-state index contributed by atoms with van der Waals surface area (Å²) in [4.78, 5) is 14.8. The van der Waals surface area contributed by atoms with E-state index in [1.54, 1.807) is 0 Å². The van der Waals surface area contributed by atoms with Crippen molar-refractivity contribution in [2.45, 2.75) is 5.41 Å². The number of hydrogen-bond donors (Lipinski definition) is 0. The van der Waals surface area contributed by atoms with E-state index >= 15 is 0 Å². The van der Waals surface area contributed by atoms with Crippen molar-refractivity contribution in [1.82, 2.24) is 15.0 Å². The molecule has 0 bridgehead atoms. The van der Waals surface area contributed by atoms with E-state index in [4.69, 9.17) is 15.0 Å². The van der Waals surface area contributed by atoms with E-state index in [2.05, 4.69) is 140 Å². The molecule has 0 saturated carbocycles. The fraction of sp³-hybridized carbons (Fsp3) is 0.0189. The van der Waals surface area contributed by atoms with Crippen LogP contribution in [0.25, 0.3) is 67.5 Å². The standard InChI is InChI=1S/C53H34N4/c54-35-36-24-31-48-47(32-36)46-30-29-42(34-49(46)53(48,44-20-9-3-10-21-44)45-22-11-4-12-23-45)38-27-25-37(26-28-38)41-18-13-19-43(33-41)52-56-50(39-14-5-1-6-15-39)55-51(57-52)40-16-7-2-8-17-40/h1-34H. The maximum absolute atomic E-state index is 9.90. The van der Waals surface area contributed by atoms with Crippen molar-refractivity contribution in [2.24, 2.45) is 0 Å². The average molecular weight is 727 g/mol. The highest BCUT2D eigenvalue weighted by Crippen LogP contribution is 2.57. The monoisotopic (exact) mass is 726 g/mol. The first-order valence-electron chi connectivity index (χ1n) is 19.1. The van der Waals surface area contributed by atoms with Gasteiger partial charge in [0.2, 0.25) is 0 Å². The van der Waals surface area contributed by atoms with Crippen LogP contribution >= 0.6 is 0 Å². The van der Waals surface area contributed by atoms with Gasteiger partial charge in [0.1, 0.15) is 0 Å². The van der Waals surface area contributed by atoms with E-state index in [-0.39, 0.29) is 0 Å². The van der Waals surface area contributed by atoms with Gasteiger partial charge in [0, 0.05) is 16.7 Å². The maximum atomic E-state index is 9.90. The highest BCUT2D eigenvalue weighted by Gasteiger charge is 2.46. The van der Waals surface area contributed by atoms with Gasteiger partial charge < -0.3 is 0 Å². The van der Waals surface area contributed by atoms with Crippen molar-refractivity contribution in [3.63, 3.8) is 0 Å². The zero-order valence-corrected chi connectivity index (χ0v) is 30.9. The SMILES string of the molecule is N#Cc1ccc2c(c1)-c1ccc(-c3ccc(-c4cccc(-c5nc(-c6ccccc6)nc(-c6ccccc6)n5)c4)cc3)cc1C2(c1ccccc1)c1ccccc1. The number of benzene rings is 8. The van der Waals surface area contributed by atoms with Crippen LogP contribution in [0, 0.1) is 11.3 Å². The van der Waals surface area contributed by atoms with E-state index in [0.717, 1.165) is 50.1 Å². The lowest BCUT2D eigenvalue weighted by Crippen LogP contribution is -2.28. The van der Waals surface area contributed by atoms with Crippen molar-refractivity contribution in [1.29, 1.82) is 5.26 Å². The van der Waals surface area contributed by atoms with Crippen LogP contribution in [0.3, 0.4) is 0 Å². The Hall–Kier alpha value is -7.74. The second kappa shape index (κ2) is 14.2. The molecule has 266 valence electrons. The molecule has 0 unspecified atom stereocenters. The number of rotatable bonds is 7. The van der Waals surface area contributed by atoms with Crippen molar-refractivity contribution >= 4 is 0 Å². The summed E-state index contributed by atoms with van der Waals surface area (Å²) in [5, 5.41) is 9.90. The summed E-state index contributed by atoms with van der Waals surface area (Å²) in [7, 11) is 0. The second-order valence-electron chi connectivity index (χ2n) is 14.3. The Balaban J connectivity index is 1.05. The Morgan fingerprint density at radius 1 is 0.333 bits per heavy atom. The molecule has 8 aromatic carbocycles. The van der Waals surface area contributed by atoms with Gasteiger partial charge in [-0.1, -0.05) is 182 Å². The van der Waals surface area contributed by atoms with Crippen LogP contribution in [-0.2, 0) is 5.41 Å². The fourth-order valence-corrected chi connectivity index (χ4v) is 8.37. The molecule has 1 aliphatic rings. The van der Waals surface area contributed by atoms with E-state index in [1.807, 2.05) is 72.8 Å². The van der Waals surface area contributed by atoms with Gasteiger partial charge in [-0.25, -0.2) is 15.0 Å². The highest BCUT2D eigenvalue weighted by atomic mass is 15.0. The Morgan fingerprint density at radius 3 is 1.33 bits per heavy atom. The topological polar surface area (TPSA) is 62.5 Å². The number of aromatic nitrogens is 3. The summed E-state index contributed by atoms with van der Waals surface area (Å²) in [6.07, 6.45) is 0. The Kier molecular flexibility index (Phi) is 8.39. The van der Waals surface area contributed by atoms with Crippen molar-refractivity contribution in [3.8, 4) is 73.6 Å². The lowest BCUT2D eigenvalue weighted by Gasteiger charge is -2.34. The summed E-state index contributed by atoms with van der Waals surface area (Å²) >= 11 is 0.